The average Bonchev–Trinajstić information content (AvgIpc) is 2.20. The van der Waals surface area contributed by atoms with Gasteiger partial charge in [0.1, 0.15) is 7.11 Å². The van der Waals surface area contributed by atoms with Gasteiger partial charge in [0.05, 0.1) is 5.71 Å². The highest BCUT2D eigenvalue weighted by molar-refractivity contribution is 6.31. The lowest BCUT2D eigenvalue weighted by Gasteiger charge is -2.09. The highest BCUT2D eigenvalue weighted by atomic mass is 35.5. The third-order valence-corrected chi connectivity index (χ3v) is 2.76. The Hall–Kier alpha value is -1.02. The van der Waals surface area contributed by atoms with Gasteiger partial charge in [0.25, 0.3) is 0 Å². The van der Waals surface area contributed by atoms with E-state index >= 15 is 0 Å². The van der Waals surface area contributed by atoms with E-state index in [1.54, 1.807) is 7.11 Å². The van der Waals surface area contributed by atoms with Crippen LogP contribution in [0.5, 0.6) is 0 Å². The molecule has 2 nitrogen and oxygen atoms in total. The van der Waals surface area contributed by atoms with Crippen LogP contribution in [0.15, 0.2) is 17.3 Å². The van der Waals surface area contributed by atoms with Gasteiger partial charge in [0, 0.05) is 10.6 Å². The molecule has 0 saturated carbocycles. The van der Waals surface area contributed by atoms with Crippen LogP contribution in [0.4, 0.5) is 0 Å². The van der Waals surface area contributed by atoms with Gasteiger partial charge in [-0.2, -0.15) is 0 Å². The Kier molecular flexibility index (Phi) is 4.15. The Morgan fingerprint density at radius 2 is 2.00 bits per heavy atom. The van der Waals surface area contributed by atoms with Crippen LogP contribution < -0.4 is 0 Å². The second-order valence-electron chi connectivity index (χ2n) is 3.49. The fourth-order valence-corrected chi connectivity index (χ4v) is 1.71. The molecule has 0 N–H and O–H groups in total. The van der Waals surface area contributed by atoms with Gasteiger partial charge in [-0.05, 0) is 37.5 Å². The Bertz CT molecular complexity index is 385. The highest BCUT2D eigenvalue weighted by Crippen LogP contribution is 2.22. The lowest BCUT2D eigenvalue weighted by atomic mass is 10.0. The van der Waals surface area contributed by atoms with Crippen molar-refractivity contribution in [2.45, 2.75) is 27.2 Å². The maximum atomic E-state index is 6.09. The first-order valence-corrected chi connectivity index (χ1v) is 5.35. The number of oxime groups is 1. The molecule has 0 unspecified atom stereocenters. The van der Waals surface area contributed by atoms with Gasteiger partial charge in [-0.25, -0.2) is 0 Å². The second kappa shape index (κ2) is 5.17. The summed E-state index contributed by atoms with van der Waals surface area (Å²) in [6.45, 7) is 6.10. The Morgan fingerprint density at radius 3 is 2.53 bits per heavy atom. The van der Waals surface area contributed by atoms with E-state index in [4.69, 9.17) is 16.4 Å². The number of nitrogens with zero attached hydrogens (tertiary/aromatic N) is 1. The lowest BCUT2D eigenvalue weighted by molar-refractivity contribution is 0.213. The molecule has 82 valence electrons. The molecular weight excluding hydrogens is 210 g/mol. The molecular formula is C12H16ClNO. The van der Waals surface area contributed by atoms with Crippen LogP contribution in [-0.2, 0) is 4.84 Å². The molecule has 0 spiro atoms. The molecule has 1 aromatic rings. The third kappa shape index (κ3) is 2.72. The molecule has 0 aliphatic heterocycles. The Balaban J connectivity index is 3.24. The molecule has 1 rings (SSSR count). The molecule has 0 amide bonds. The van der Waals surface area contributed by atoms with Crippen molar-refractivity contribution in [3.05, 3.63) is 33.8 Å². The summed E-state index contributed by atoms with van der Waals surface area (Å²) >= 11 is 6.09. The molecule has 0 atom stereocenters. The summed E-state index contributed by atoms with van der Waals surface area (Å²) in [5, 5.41) is 4.77. The second-order valence-corrected chi connectivity index (χ2v) is 3.90. The first kappa shape index (κ1) is 12.1. The quantitative estimate of drug-likeness (QED) is 0.568. The van der Waals surface area contributed by atoms with Gasteiger partial charge in [-0.1, -0.05) is 29.7 Å². The summed E-state index contributed by atoms with van der Waals surface area (Å²) in [4.78, 5) is 4.82. The van der Waals surface area contributed by atoms with Gasteiger partial charge in [-0.15, -0.1) is 0 Å². The van der Waals surface area contributed by atoms with Gasteiger partial charge in [-0.3, -0.25) is 0 Å². The van der Waals surface area contributed by atoms with E-state index in [-0.39, 0.29) is 0 Å². The zero-order chi connectivity index (χ0) is 11.4. The molecule has 0 aliphatic rings. The van der Waals surface area contributed by atoms with E-state index in [9.17, 15) is 0 Å². The topological polar surface area (TPSA) is 21.6 Å². The molecule has 0 bridgehead atoms. The molecule has 0 radical (unpaired) electrons. The standard InChI is InChI=1S/C12H16ClNO/c1-5-12(14-15-4)10-7-11(13)9(3)6-8(10)2/h6-7H,5H2,1-4H3/b14-12-. The third-order valence-electron chi connectivity index (χ3n) is 2.35. The van der Waals surface area contributed by atoms with Gasteiger partial charge < -0.3 is 4.84 Å². The molecule has 15 heavy (non-hydrogen) atoms. The summed E-state index contributed by atoms with van der Waals surface area (Å²) in [5.74, 6) is 0. The number of rotatable bonds is 3. The SMILES string of the molecule is CC/C(=N/OC)c1cc(Cl)c(C)cc1C. The van der Waals surface area contributed by atoms with Crippen LogP contribution in [-0.4, -0.2) is 12.8 Å². The fourth-order valence-electron chi connectivity index (χ4n) is 1.55. The van der Waals surface area contributed by atoms with Crippen molar-refractivity contribution >= 4 is 17.3 Å². The minimum atomic E-state index is 0.771. The minimum Gasteiger partial charge on any atom is -0.399 e. The van der Waals surface area contributed by atoms with Crippen LogP contribution in [0.3, 0.4) is 0 Å². The van der Waals surface area contributed by atoms with Crippen LogP contribution in [0.25, 0.3) is 0 Å². The molecule has 0 aromatic heterocycles. The molecule has 1 aromatic carbocycles. The van der Waals surface area contributed by atoms with Crippen molar-refractivity contribution in [1.29, 1.82) is 0 Å². The molecule has 0 heterocycles. The average molecular weight is 226 g/mol. The van der Waals surface area contributed by atoms with E-state index in [1.165, 1.54) is 5.56 Å². The largest absolute Gasteiger partial charge is 0.399 e. The fraction of sp³-hybridized carbons (Fsp3) is 0.417. The molecule has 0 fully saturated rings. The van der Waals surface area contributed by atoms with Crippen LogP contribution in [0.2, 0.25) is 5.02 Å². The summed E-state index contributed by atoms with van der Waals surface area (Å²) in [5.41, 5.74) is 4.26. The van der Waals surface area contributed by atoms with Crippen LogP contribution in [0.1, 0.15) is 30.0 Å². The minimum absolute atomic E-state index is 0.771. The van der Waals surface area contributed by atoms with E-state index in [1.807, 2.05) is 19.9 Å². The Labute approximate surface area is 95.9 Å². The number of benzene rings is 1. The number of hydrogen-bond donors (Lipinski definition) is 0. The maximum Gasteiger partial charge on any atom is 0.106 e. The summed E-state index contributed by atoms with van der Waals surface area (Å²) in [7, 11) is 1.56. The first-order chi connectivity index (χ1) is 7.10. The molecule has 0 saturated heterocycles. The maximum absolute atomic E-state index is 6.09. The predicted molar refractivity (Wildman–Crippen MR) is 64.8 cm³/mol. The van der Waals surface area contributed by atoms with Gasteiger partial charge in [0.2, 0.25) is 0 Å². The van der Waals surface area contributed by atoms with Gasteiger partial charge in [0.15, 0.2) is 0 Å². The monoisotopic (exact) mass is 225 g/mol. The zero-order valence-corrected chi connectivity index (χ0v) is 10.4. The molecule has 3 heteroatoms. The predicted octanol–water partition coefficient (Wildman–Crippen LogP) is 3.72. The highest BCUT2D eigenvalue weighted by Gasteiger charge is 2.08. The van der Waals surface area contributed by atoms with Crippen molar-refractivity contribution in [3.8, 4) is 0 Å². The summed E-state index contributed by atoms with van der Waals surface area (Å²) in [6, 6.07) is 4.02. The van der Waals surface area contributed by atoms with Crippen molar-refractivity contribution < 1.29 is 4.84 Å². The number of halogens is 1. The smallest absolute Gasteiger partial charge is 0.106 e. The van der Waals surface area contributed by atoms with Crippen LogP contribution >= 0.6 is 11.6 Å². The van der Waals surface area contributed by atoms with Gasteiger partial charge >= 0.3 is 0 Å². The van der Waals surface area contributed by atoms with Crippen molar-refractivity contribution in [3.63, 3.8) is 0 Å². The van der Waals surface area contributed by atoms with E-state index < -0.39 is 0 Å². The van der Waals surface area contributed by atoms with E-state index in [0.717, 1.165) is 28.3 Å². The number of hydrogen-bond acceptors (Lipinski definition) is 2. The number of aryl methyl sites for hydroxylation is 2. The zero-order valence-electron chi connectivity index (χ0n) is 9.60. The first-order valence-electron chi connectivity index (χ1n) is 4.97. The van der Waals surface area contributed by atoms with Crippen molar-refractivity contribution in [2.75, 3.05) is 7.11 Å². The normalized spacial score (nSPS) is 11.7. The lowest BCUT2D eigenvalue weighted by Crippen LogP contribution is -2.03. The van der Waals surface area contributed by atoms with Crippen molar-refractivity contribution in [1.82, 2.24) is 0 Å². The van der Waals surface area contributed by atoms with E-state index in [0.29, 0.717) is 0 Å². The van der Waals surface area contributed by atoms with Crippen molar-refractivity contribution in [2.24, 2.45) is 5.16 Å². The summed E-state index contributed by atoms with van der Waals surface area (Å²) in [6.07, 6.45) is 0.827. The molecule has 0 aliphatic carbocycles. The van der Waals surface area contributed by atoms with Crippen LogP contribution in [0, 0.1) is 13.8 Å². The summed E-state index contributed by atoms with van der Waals surface area (Å²) < 4.78 is 0. The van der Waals surface area contributed by atoms with E-state index in [2.05, 4.69) is 18.1 Å². The Morgan fingerprint density at radius 1 is 1.33 bits per heavy atom.